The average molecular weight is 276 g/mol. The van der Waals surface area contributed by atoms with Crippen molar-refractivity contribution in [2.45, 2.75) is 33.7 Å². The van der Waals surface area contributed by atoms with Crippen LogP contribution in [0, 0.1) is 19.3 Å². The van der Waals surface area contributed by atoms with E-state index in [4.69, 9.17) is 0 Å². The number of aliphatic hydroxyl groups excluding tert-OH is 1. The van der Waals surface area contributed by atoms with Crippen molar-refractivity contribution >= 4 is 0 Å². The molecule has 1 fully saturated rings. The molecule has 1 atom stereocenters. The van der Waals surface area contributed by atoms with Crippen molar-refractivity contribution in [3.8, 4) is 0 Å². The first-order valence-corrected chi connectivity index (χ1v) is 7.59. The Balaban J connectivity index is 2.42. The summed E-state index contributed by atoms with van der Waals surface area (Å²) >= 11 is 0. The van der Waals surface area contributed by atoms with Gasteiger partial charge in [-0.3, -0.25) is 4.90 Å². The van der Waals surface area contributed by atoms with Crippen LogP contribution in [0.2, 0.25) is 0 Å². The lowest BCUT2D eigenvalue weighted by atomic mass is 9.78. The number of aryl methyl sites for hydroxylation is 1. The van der Waals surface area contributed by atoms with Crippen LogP contribution in [0.3, 0.4) is 0 Å². The van der Waals surface area contributed by atoms with Crippen LogP contribution in [-0.2, 0) is 0 Å². The lowest BCUT2D eigenvalue weighted by Gasteiger charge is -2.44. The summed E-state index contributed by atoms with van der Waals surface area (Å²) in [6.45, 7) is 13.1. The molecule has 20 heavy (non-hydrogen) atoms. The third-order valence-electron chi connectivity index (χ3n) is 4.61. The largest absolute Gasteiger partial charge is 0.396 e. The zero-order chi connectivity index (χ0) is 14.8. The van der Waals surface area contributed by atoms with E-state index in [9.17, 15) is 5.11 Å². The van der Waals surface area contributed by atoms with Crippen molar-refractivity contribution in [2.24, 2.45) is 5.41 Å². The number of hydrogen-bond acceptors (Lipinski definition) is 3. The monoisotopic (exact) mass is 276 g/mol. The minimum Gasteiger partial charge on any atom is -0.396 e. The number of rotatable bonds is 4. The predicted molar refractivity (Wildman–Crippen MR) is 84.0 cm³/mol. The highest BCUT2D eigenvalue weighted by atomic mass is 16.3. The Hall–Kier alpha value is -0.900. The van der Waals surface area contributed by atoms with Gasteiger partial charge in [0.25, 0.3) is 0 Å². The van der Waals surface area contributed by atoms with E-state index >= 15 is 0 Å². The van der Waals surface area contributed by atoms with E-state index in [1.54, 1.807) is 0 Å². The van der Waals surface area contributed by atoms with Crippen molar-refractivity contribution in [1.29, 1.82) is 0 Å². The molecule has 112 valence electrons. The number of hydrogen-bond donors (Lipinski definition) is 2. The Morgan fingerprint density at radius 2 is 1.90 bits per heavy atom. The van der Waals surface area contributed by atoms with Crippen LogP contribution < -0.4 is 5.32 Å². The average Bonchev–Trinajstić information content (AvgIpc) is 2.45. The summed E-state index contributed by atoms with van der Waals surface area (Å²) in [4.78, 5) is 2.52. The third-order valence-corrected chi connectivity index (χ3v) is 4.61. The van der Waals surface area contributed by atoms with Crippen molar-refractivity contribution in [2.75, 3.05) is 32.8 Å². The van der Waals surface area contributed by atoms with Crippen molar-refractivity contribution in [3.05, 3.63) is 34.9 Å². The first-order valence-electron chi connectivity index (χ1n) is 7.59. The standard InChI is InChI=1S/C17H28N2O/c1-13-6-5-7-15(14(13)2)16(17(3,4)12-20)19-10-8-18-9-11-19/h5-7,16,18,20H,8-12H2,1-4H3/t16-/m0/s1. The maximum Gasteiger partial charge on any atom is 0.0500 e. The molecule has 0 aliphatic carbocycles. The van der Waals surface area contributed by atoms with E-state index in [1.165, 1.54) is 16.7 Å². The van der Waals surface area contributed by atoms with Crippen LogP contribution in [0.1, 0.15) is 36.6 Å². The Kier molecular flexibility index (Phi) is 4.84. The third kappa shape index (κ3) is 3.05. The molecule has 0 spiro atoms. The number of nitrogens with zero attached hydrogens (tertiary/aromatic N) is 1. The van der Waals surface area contributed by atoms with Gasteiger partial charge in [0, 0.05) is 44.2 Å². The Bertz CT molecular complexity index is 450. The fourth-order valence-corrected chi connectivity index (χ4v) is 3.21. The second-order valence-corrected chi connectivity index (χ2v) is 6.62. The van der Waals surface area contributed by atoms with Gasteiger partial charge in [0.2, 0.25) is 0 Å². The van der Waals surface area contributed by atoms with Crippen LogP contribution in [0.15, 0.2) is 18.2 Å². The molecule has 0 bridgehead atoms. The molecule has 1 saturated heterocycles. The first-order chi connectivity index (χ1) is 9.47. The fraction of sp³-hybridized carbons (Fsp3) is 0.647. The van der Waals surface area contributed by atoms with Crippen LogP contribution in [-0.4, -0.2) is 42.8 Å². The van der Waals surface area contributed by atoms with Gasteiger partial charge >= 0.3 is 0 Å². The summed E-state index contributed by atoms with van der Waals surface area (Å²) in [5, 5.41) is 13.3. The number of benzene rings is 1. The summed E-state index contributed by atoms with van der Waals surface area (Å²) in [6, 6.07) is 6.81. The van der Waals surface area contributed by atoms with Gasteiger partial charge in [-0.25, -0.2) is 0 Å². The second kappa shape index (κ2) is 6.25. The summed E-state index contributed by atoms with van der Waals surface area (Å²) in [5.74, 6) is 0. The van der Waals surface area contributed by atoms with Gasteiger partial charge < -0.3 is 10.4 Å². The molecule has 2 N–H and O–H groups in total. The predicted octanol–water partition coefficient (Wildman–Crippen LogP) is 2.27. The molecular formula is C17H28N2O. The molecule has 0 amide bonds. The minimum atomic E-state index is -0.143. The van der Waals surface area contributed by atoms with E-state index in [1.807, 2.05) is 0 Å². The van der Waals surface area contributed by atoms with Crippen LogP contribution in [0.4, 0.5) is 0 Å². The summed E-state index contributed by atoms with van der Waals surface area (Å²) in [6.07, 6.45) is 0. The smallest absolute Gasteiger partial charge is 0.0500 e. The molecule has 1 aliphatic rings. The molecule has 0 aromatic heterocycles. The maximum absolute atomic E-state index is 9.87. The van der Waals surface area contributed by atoms with Gasteiger partial charge in [0.1, 0.15) is 0 Å². The lowest BCUT2D eigenvalue weighted by molar-refractivity contribution is 0.0302. The molecule has 1 aromatic carbocycles. The molecule has 0 radical (unpaired) electrons. The summed E-state index contributed by atoms with van der Waals surface area (Å²) < 4.78 is 0. The van der Waals surface area contributed by atoms with Gasteiger partial charge in [-0.2, -0.15) is 0 Å². The van der Waals surface area contributed by atoms with Gasteiger partial charge in [0.05, 0.1) is 0 Å². The Labute approximate surface area is 123 Å². The van der Waals surface area contributed by atoms with Gasteiger partial charge in [-0.1, -0.05) is 32.0 Å². The Morgan fingerprint density at radius 3 is 2.50 bits per heavy atom. The molecule has 1 aliphatic heterocycles. The SMILES string of the molecule is Cc1cccc([C@H](N2CCNCC2)C(C)(C)CO)c1C. The molecule has 3 heteroatoms. The van der Waals surface area contributed by atoms with Gasteiger partial charge in [-0.15, -0.1) is 0 Å². The highest BCUT2D eigenvalue weighted by molar-refractivity contribution is 5.36. The van der Waals surface area contributed by atoms with Crippen LogP contribution >= 0.6 is 0 Å². The highest BCUT2D eigenvalue weighted by Crippen LogP contribution is 2.40. The van der Waals surface area contributed by atoms with E-state index < -0.39 is 0 Å². The zero-order valence-corrected chi connectivity index (χ0v) is 13.2. The first kappa shape index (κ1) is 15.5. The van der Waals surface area contributed by atoms with Crippen molar-refractivity contribution in [3.63, 3.8) is 0 Å². The van der Waals surface area contributed by atoms with Gasteiger partial charge in [0.15, 0.2) is 0 Å². The quantitative estimate of drug-likeness (QED) is 0.885. The Morgan fingerprint density at radius 1 is 1.25 bits per heavy atom. The molecule has 2 rings (SSSR count). The van der Waals surface area contributed by atoms with E-state index in [2.05, 4.69) is 56.1 Å². The topological polar surface area (TPSA) is 35.5 Å². The summed E-state index contributed by atoms with van der Waals surface area (Å²) in [5.41, 5.74) is 3.91. The van der Waals surface area contributed by atoms with Crippen molar-refractivity contribution < 1.29 is 5.11 Å². The molecule has 3 nitrogen and oxygen atoms in total. The van der Waals surface area contributed by atoms with E-state index in [-0.39, 0.29) is 18.1 Å². The van der Waals surface area contributed by atoms with Crippen LogP contribution in [0.5, 0.6) is 0 Å². The normalized spacial score (nSPS) is 19.1. The second-order valence-electron chi connectivity index (χ2n) is 6.62. The molecule has 0 saturated carbocycles. The maximum atomic E-state index is 9.87. The molecule has 0 unspecified atom stereocenters. The molecule has 1 heterocycles. The number of piperazine rings is 1. The number of aliphatic hydroxyl groups is 1. The van der Waals surface area contributed by atoms with Gasteiger partial charge in [-0.05, 0) is 30.5 Å². The highest BCUT2D eigenvalue weighted by Gasteiger charge is 2.36. The van der Waals surface area contributed by atoms with E-state index in [0.29, 0.717) is 0 Å². The molecular weight excluding hydrogens is 248 g/mol. The number of nitrogens with one attached hydrogen (secondary N) is 1. The summed E-state index contributed by atoms with van der Waals surface area (Å²) in [7, 11) is 0. The fourth-order valence-electron chi connectivity index (χ4n) is 3.21. The molecule has 1 aromatic rings. The van der Waals surface area contributed by atoms with Crippen LogP contribution in [0.25, 0.3) is 0 Å². The van der Waals surface area contributed by atoms with E-state index in [0.717, 1.165) is 26.2 Å². The minimum absolute atomic E-state index is 0.143. The lowest BCUT2D eigenvalue weighted by Crippen LogP contribution is -2.49. The zero-order valence-electron chi connectivity index (χ0n) is 13.2. The van der Waals surface area contributed by atoms with Crippen molar-refractivity contribution in [1.82, 2.24) is 10.2 Å².